The van der Waals surface area contributed by atoms with Crippen molar-refractivity contribution in [1.29, 1.82) is 0 Å². The van der Waals surface area contributed by atoms with Crippen molar-refractivity contribution in [2.24, 2.45) is 0 Å². The molecule has 0 heterocycles. The minimum atomic E-state index is -0.774. The first-order chi connectivity index (χ1) is 11.5. The van der Waals surface area contributed by atoms with Crippen molar-refractivity contribution in [3.8, 4) is 0 Å². The van der Waals surface area contributed by atoms with E-state index in [9.17, 15) is 14.4 Å². The van der Waals surface area contributed by atoms with Crippen molar-refractivity contribution >= 4 is 23.5 Å². The lowest BCUT2D eigenvalue weighted by Crippen LogP contribution is -2.36. The zero-order chi connectivity index (χ0) is 17.5. The third kappa shape index (κ3) is 4.42. The molecule has 2 aromatic rings. The number of nitrogens with one attached hydrogen (secondary N) is 2. The smallest absolute Gasteiger partial charge is 0.337 e. The molecular formula is C18H18N2O4. The number of amides is 2. The summed E-state index contributed by atoms with van der Waals surface area (Å²) in [5, 5.41) is 5.11. The second kappa shape index (κ2) is 7.92. The van der Waals surface area contributed by atoms with Gasteiger partial charge in [-0.1, -0.05) is 30.3 Å². The molecule has 6 nitrogen and oxygen atoms in total. The van der Waals surface area contributed by atoms with Crippen LogP contribution in [0.4, 0.5) is 5.69 Å². The van der Waals surface area contributed by atoms with Crippen LogP contribution < -0.4 is 10.6 Å². The summed E-state index contributed by atoms with van der Waals surface area (Å²) in [6, 6.07) is 15.1. The van der Waals surface area contributed by atoms with Crippen LogP contribution in [0.2, 0.25) is 0 Å². The van der Waals surface area contributed by atoms with Crippen LogP contribution in [0.25, 0.3) is 0 Å². The van der Waals surface area contributed by atoms with Gasteiger partial charge in [-0.3, -0.25) is 9.59 Å². The molecule has 2 N–H and O–H groups in total. The lowest BCUT2D eigenvalue weighted by Gasteiger charge is -2.14. The molecule has 24 heavy (non-hydrogen) atoms. The van der Waals surface area contributed by atoms with Crippen LogP contribution in [0.1, 0.15) is 28.9 Å². The van der Waals surface area contributed by atoms with Gasteiger partial charge in [-0.2, -0.15) is 0 Å². The van der Waals surface area contributed by atoms with E-state index in [1.165, 1.54) is 31.4 Å². The number of benzene rings is 2. The molecule has 0 radical (unpaired) electrons. The molecule has 2 amide bonds. The summed E-state index contributed by atoms with van der Waals surface area (Å²) in [7, 11) is 1.29. The van der Waals surface area contributed by atoms with Gasteiger partial charge in [0.1, 0.15) is 0 Å². The molecule has 0 saturated carbocycles. The van der Waals surface area contributed by atoms with Crippen molar-refractivity contribution in [3.63, 3.8) is 0 Å². The number of rotatable bonds is 4. The Bertz CT molecular complexity index is 726. The number of carbonyl (C=O) groups excluding carboxylic acids is 3. The highest BCUT2D eigenvalue weighted by Crippen LogP contribution is 2.12. The van der Waals surface area contributed by atoms with Gasteiger partial charge >= 0.3 is 17.8 Å². The lowest BCUT2D eigenvalue weighted by atomic mass is 10.1. The first-order valence-electron chi connectivity index (χ1n) is 7.36. The zero-order valence-electron chi connectivity index (χ0n) is 13.4. The molecule has 1 unspecified atom stereocenters. The molecular weight excluding hydrogens is 308 g/mol. The summed E-state index contributed by atoms with van der Waals surface area (Å²) >= 11 is 0. The fourth-order valence-electron chi connectivity index (χ4n) is 2.08. The molecule has 0 saturated heterocycles. The Labute approximate surface area is 139 Å². The van der Waals surface area contributed by atoms with Gasteiger partial charge in [0.25, 0.3) is 0 Å². The Balaban J connectivity index is 1.94. The zero-order valence-corrected chi connectivity index (χ0v) is 13.4. The average molecular weight is 326 g/mol. The number of carbonyl (C=O) groups is 3. The Morgan fingerprint density at radius 2 is 1.54 bits per heavy atom. The van der Waals surface area contributed by atoms with Gasteiger partial charge < -0.3 is 15.4 Å². The molecule has 2 rings (SSSR count). The number of ether oxygens (including phenoxy) is 1. The van der Waals surface area contributed by atoms with E-state index in [1.807, 2.05) is 30.3 Å². The van der Waals surface area contributed by atoms with Crippen LogP contribution in [0.5, 0.6) is 0 Å². The summed E-state index contributed by atoms with van der Waals surface area (Å²) in [4.78, 5) is 35.2. The highest BCUT2D eigenvalue weighted by atomic mass is 16.5. The SMILES string of the molecule is COC(=O)c1ccc(NC(=O)C(=O)NC(C)c2ccccc2)cc1. The van der Waals surface area contributed by atoms with E-state index >= 15 is 0 Å². The summed E-state index contributed by atoms with van der Waals surface area (Å²) in [6.45, 7) is 1.80. The van der Waals surface area contributed by atoms with E-state index in [-0.39, 0.29) is 6.04 Å². The van der Waals surface area contributed by atoms with Crippen LogP contribution in [-0.2, 0) is 14.3 Å². The molecule has 0 aliphatic carbocycles. The van der Waals surface area contributed by atoms with E-state index in [2.05, 4.69) is 15.4 Å². The van der Waals surface area contributed by atoms with Gasteiger partial charge in [-0.05, 0) is 36.8 Å². The Morgan fingerprint density at radius 1 is 0.917 bits per heavy atom. The van der Waals surface area contributed by atoms with Gasteiger partial charge in [-0.15, -0.1) is 0 Å². The number of esters is 1. The maximum Gasteiger partial charge on any atom is 0.337 e. The van der Waals surface area contributed by atoms with Crippen molar-refractivity contribution < 1.29 is 19.1 Å². The van der Waals surface area contributed by atoms with E-state index in [0.29, 0.717) is 11.3 Å². The molecule has 0 aromatic heterocycles. The number of hydrogen-bond acceptors (Lipinski definition) is 4. The van der Waals surface area contributed by atoms with E-state index in [0.717, 1.165) is 5.56 Å². The van der Waals surface area contributed by atoms with Crippen molar-refractivity contribution in [2.45, 2.75) is 13.0 Å². The summed E-state index contributed by atoms with van der Waals surface area (Å²) < 4.78 is 4.59. The Morgan fingerprint density at radius 3 is 2.12 bits per heavy atom. The average Bonchev–Trinajstić information content (AvgIpc) is 2.62. The molecule has 0 spiro atoms. The third-order valence-corrected chi connectivity index (χ3v) is 3.42. The number of anilines is 1. The van der Waals surface area contributed by atoms with Crippen LogP contribution in [0.3, 0.4) is 0 Å². The predicted octanol–water partition coefficient (Wildman–Crippen LogP) is 2.29. The highest BCUT2D eigenvalue weighted by Gasteiger charge is 2.17. The van der Waals surface area contributed by atoms with Crippen LogP contribution in [0.15, 0.2) is 54.6 Å². The summed E-state index contributed by atoms with van der Waals surface area (Å²) in [5.41, 5.74) is 1.67. The quantitative estimate of drug-likeness (QED) is 0.667. The van der Waals surface area contributed by atoms with E-state index in [4.69, 9.17) is 0 Å². The Hall–Kier alpha value is -3.15. The van der Waals surface area contributed by atoms with Gasteiger partial charge in [0.2, 0.25) is 0 Å². The first-order valence-corrected chi connectivity index (χ1v) is 7.36. The molecule has 0 aliphatic rings. The second-order valence-corrected chi connectivity index (χ2v) is 5.13. The van der Waals surface area contributed by atoms with Crippen molar-refractivity contribution in [1.82, 2.24) is 5.32 Å². The third-order valence-electron chi connectivity index (χ3n) is 3.42. The van der Waals surface area contributed by atoms with Crippen molar-refractivity contribution in [3.05, 3.63) is 65.7 Å². The van der Waals surface area contributed by atoms with Gasteiger partial charge in [-0.25, -0.2) is 4.79 Å². The van der Waals surface area contributed by atoms with Gasteiger partial charge in [0.05, 0.1) is 18.7 Å². The largest absolute Gasteiger partial charge is 0.465 e. The minimum absolute atomic E-state index is 0.286. The second-order valence-electron chi connectivity index (χ2n) is 5.13. The molecule has 124 valence electrons. The van der Waals surface area contributed by atoms with E-state index in [1.54, 1.807) is 6.92 Å². The van der Waals surface area contributed by atoms with Crippen LogP contribution in [-0.4, -0.2) is 24.9 Å². The molecule has 0 bridgehead atoms. The standard InChI is InChI=1S/C18H18N2O4/c1-12(13-6-4-3-5-7-13)19-16(21)17(22)20-15-10-8-14(9-11-15)18(23)24-2/h3-12H,1-2H3,(H,19,21)(H,20,22). The molecule has 1 atom stereocenters. The number of hydrogen-bond donors (Lipinski definition) is 2. The topological polar surface area (TPSA) is 84.5 Å². The maximum absolute atomic E-state index is 12.0. The molecule has 2 aromatic carbocycles. The highest BCUT2D eigenvalue weighted by molar-refractivity contribution is 6.39. The lowest BCUT2D eigenvalue weighted by molar-refractivity contribution is -0.136. The molecule has 0 aliphatic heterocycles. The molecule has 0 fully saturated rings. The van der Waals surface area contributed by atoms with Crippen molar-refractivity contribution in [2.75, 3.05) is 12.4 Å². The van der Waals surface area contributed by atoms with Crippen LogP contribution in [0, 0.1) is 0 Å². The summed E-state index contributed by atoms with van der Waals surface area (Å²) in [5.74, 6) is -1.98. The predicted molar refractivity (Wildman–Crippen MR) is 89.4 cm³/mol. The minimum Gasteiger partial charge on any atom is -0.465 e. The summed E-state index contributed by atoms with van der Waals surface area (Å²) in [6.07, 6.45) is 0. The normalized spacial score (nSPS) is 11.2. The fourth-order valence-corrected chi connectivity index (χ4v) is 2.08. The number of methoxy groups -OCH3 is 1. The van der Waals surface area contributed by atoms with Crippen LogP contribution >= 0.6 is 0 Å². The fraction of sp³-hybridized carbons (Fsp3) is 0.167. The van der Waals surface area contributed by atoms with Gasteiger partial charge in [0.15, 0.2) is 0 Å². The van der Waals surface area contributed by atoms with E-state index < -0.39 is 17.8 Å². The van der Waals surface area contributed by atoms with Gasteiger partial charge in [0, 0.05) is 5.69 Å². The Kier molecular flexibility index (Phi) is 5.68. The first kappa shape index (κ1) is 17.2. The monoisotopic (exact) mass is 326 g/mol. The molecule has 6 heteroatoms. The maximum atomic E-state index is 12.0.